The van der Waals surface area contributed by atoms with E-state index in [4.69, 9.17) is 0 Å². The van der Waals surface area contributed by atoms with Crippen LogP contribution in [-0.4, -0.2) is 8.42 Å². The Balaban J connectivity index is 1.99. The molecule has 0 aliphatic rings. The van der Waals surface area contributed by atoms with Crippen LogP contribution < -0.4 is 0 Å². The van der Waals surface area contributed by atoms with Gasteiger partial charge in [0.05, 0.1) is 4.90 Å². The standard InChI is InChI=1S/C18H13IO2S/c19-18-8-4-3-6-15(18)11-12-22(20,21)17-10-9-14-5-1-2-7-16(14)13-17/h1-13H. The minimum absolute atomic E-state index is 0.313. The van der Waals surface area contributed by atoms with E-state index in [0.29, 0.717) is 4.90 Å². The molecule has 0 fully saturated rings. The van der Waals surface area contributed by atoms with Crippen molar-refractivity contribution in [2.24, 2.45) is 0 Å². The van der Waals surface area contributed by atoms with Gasteiger partial charge < -0.3 is 0 Å². The smallest absolute Gasteiger partial charge is 0.199 e. The maximum Gasteiger partial charge on any atom is 0.199 e. The van der Waals surface area contributed by atoms with Crippen LogP contribution in [0.4, 0.5) is 0 Å². The fourth-order valence-corrected chi connectivity index (χ4v) is 3.80. The Labute approximate surface area is 143 Å². The van der Waals surface area contributed by atoms with Gasteiger partial charge in [-0.3, -0.25) is 0 Å². The Kier molecular flexibility index (Phi) is 4.31. The Morgan fingerprint density at radius 1 is 0.818 bits per heavy atom. The van der Waals surface area contributed by atoms with Gasteiger partial charge in [-0.05, 0) is 63.2 Å². The molecule has 0 saturated heterocycles. The Bertz CT molecular complexity index is 959. The molecule has 0 radical (unpaired) electrons. The van der Waals surface area contributed by atoms with Gasteiger partial charge in [0.1, 0.15) is 0 Å². The van der Waals surface area contributed by atoms with Crippen LogP contribution in [0.25, 0.3) is 16.8 Å². The molecular weight excluding hydrogens is 407 g/mol. The molecule has 0 saturated carbocycles. The summed E-state index contributed by atoms with van der Waals surface area (Å²) in [5.74, 6) is 0. The molecule has 3 rings (SSSR count). The van der Waals surface area contributed by atoms with E-state index in [9.17, 15) is 8.42 Å². The predicted molar refractivity (Wildman–Crippen MR) is 99.3 cm³/mol. The number of hydrogen-bond donors (Lipinski definition) is 0. The van der Waals surface area contributed by atoms with Crippen LogP contribution >= 0.6 is 22.6 Å². The first-order valence-electron chi connectivity index (χ1n) is 6.73. The van der Waals surface area contributed by atoms with E-state index < -0.39 is 9.84 Å². The van der Waals surface area contributed by atoms with Crippen LogP contribution in [0.1, 0.15) is 5.56 Å². The number of halogens is 1. The SMILES string of the molecule is O=S(=O)(C=Cc1ccccc1I)c1ccc2ccccc2c1. The summed E-state index contributed by atoms with van der Waals surface area (Å²) in [7, 11) is -3.45. The lowest BCUT2D eigenvalue weighted by Crippen LogP contribution is -1.96. The predicted octanol–water partition coefficient (Wildman–Crippen LogP) is 4.89. The highest BCUT2D eigenvalue weighted by Crippen LogP contribution is 2.21. The molecule has 4 heteroatoms. The molecular formula is C18H13IO2S. The van der Waals surface area contributed by atoms with E-state index in [1.807, 2.05) is 54.6 Å². The van der Waals surface area contributed by atoms with E-state index in [-0.39, 0.29) is 0 Å². The first kappa shape index (κ1) is 15.2. The highest BCUT2D eigenvalue weighted by molar-refractivity contribution is 14.1. The average Bonchev–Trinajstić information content (AvgIpc) is 2.54. The molecule has 22 heavy (non-hydrogen) atoms. The molecule has 0 aliphatic heterocycles. The molecule has 0 aliphatic carbocycles. The Morgan fingerprint density at radius 2 is 1.50 bits per heavy atom. The van der Waals surface area contributed by atoms with Crippen LogP contribution in [-0.2, 0) is 9.84 Å². The molecule has 0 unspecified atom stereocenters. The lowest BCUT2D eigenvalue weighted by molar-refractivity contribution is 0.605. The molecule has 0 bridgehead atoms. The van der Waals surface area contributed by atoms with Gasteiger partial charge in [0.15, 0.2) is 9.84 Å². The molecule has 3 aromatic carbocycles. The molecule has 0 N–H and O–H groups in total. The lowest BCUT2D eigenvalue weighted by atomic mass is 10.1. The second-order valence-corrected chi connectivity index (χ2v) is 7.87. The van der Waals surface area contributed by atoms with Gasteiger partial charge in [-0.1, -0.05) is 48.5 Å². The van der Waals surface area contributed by atoms with E-state index in [2.05, 4.69) is 22.6 Å². The van der Waals surface area contributed by atoms with Gasteiger partial charge in [-0.2, -0.15) is 0 Å². The van der Waals surface area contributed by atoms with Gasteiger partial charge in [-0.25, -0.2) is 8.42 Å². The second-order valence-electron chi connectivity index (χ2n) is 4.88. The van der Waals surface area contributed by atoms with E-state index >= 15 is 0 Å². The summed E-state index contributed by atoms with van der Waals surface area (Å²) in [6.07, 6.45) is 1.65. The van der Waals surface area contributed by atoms with Gasteiger partial charge in [-0.15, -0.1) is 0 Å². The summed E-state index contributed by atoms with van der Waals surface area (Å²) in [6, 6.07) is 20.6. The normalized spacial score (nSPS) is 12.0. The van der Waals surface area contributed by atoms with Gasteiger partial charge >= 0.3 is 0 Å². The van der Waals surface area contributed by atoms with E-state index in [1.54, 1.807) is 18.2 Å². The number of benzene rings is 3. The van der Waals surface area contributed by atoms with Crippen molar-refractivity contribution in [1.29, 1.82) is 0 Å². The average molecular weight is 420 g/mol. The van der Waals surface area contributed by atoms with Crippen LogP contribution in [0.15, 0.2) is 77.0 Å². The highest BCUT2D eigenvalue weighted by Gasteiger charge is 2.11. The van der Waals surface area contributed by atoms with Crippen LogP contribution in [0, 0.1) is 3.57 Å². The van der Waals surface area contributed by atoms with Crippen LogP contribution in [0.5, 0.6) is 0 Å². The summed E-state index contributed by atoms with van der Waals surface area (Å²) in [5.41, 5.74) is 0.896. The minimum atomic E-state index is -3.45. The third kappa shape index (κ3) is 3.23. The van der Waals surface area contributed by atoms with Gasteiger partial charge in [0.25, 0.3) is 0 Å². The molecule has 2 nitrogen and oxygen atoms in total. The molecule has 110 valence electrons. The van der Waals surface area contributed by atoms with Crippen molar-refractivity contribution in [3.63, 3.8) is 0 Å². The molecule has 0 spiro atoms. The van der Waals surface area contributed by atoms with Crippen LogP contribution in [0.3, 0.4) is 0 Å². The van der Waals surface area contributed by atoms with Crippen molar-refractivity contribution in [1.82, 2.24) is 0 Å². The largest absolute Gasteiger partial charge is 0.219 e. The zero-order valence-corrected chi connectivity index (χ0v) is 14.6. The van der Waals surface area contributed by atoms with Gasteiger partial charge in [0.2, 0.25) is 0 Å². The zero-order valence-electron chi connectivity index (χ0n) is 11.6. The molecule has 0 amide bonds. The molecule has 3 aromatic rings. The van der Waals surface area contributed by atoms with Crippen molar-refractivity contribution in [2.45, 2.75) is 4.90 Å². The van der Waals surface area contributed by atoms with Crippen molar-refractivity contribution in [3.8, 4) is 0 Å². The first-order chi connectivity index (χ1) is 10.6. The zero-order chi connectivity index (χ0) is 15.6. The third-order valence-electron chi connectivity index (χ3n) is 3.38. The maximum absolute atomic E-state index is 12.5. The molecule has 0 atom stereocenters. The van der Waals surface area contributed by atoms with E-state index in [0.717, 1.165) is 19.9 Å². The number of hydrogen-bond acceptors (Lipinski definition) is 2. The number of fused-ring (bicyclic) bond motifs is 1. The first-order valence-corrected chi connectivity index (χ1v) is 9.35. The van der Waals surface area contributed by atoms with Crippen molar-refractivity contribution < 1.29 is 8.42 Å². The second kappa shape index (κ2) is 6.22. The number of sulfone groups is 1. The summed E-state index contributed by atoms with van der Waals surface area (Å²) < 4.78 is 26.0. The van der Waals surface area contributed by atoms with Crippen LogP contribution in [0.2, 0.25) is 0 Å². The highest BCUT2D eigenvalue weighted by atomic mass is 127. The Hall–Kier alpha value is -1.66. The fourth-order valence-electron chi connectivity index (χ4n) is 2.20. The minimum Gasteiger partial charge on any atom is -0.219 e. The lowest BCUT2D eigenvalue weighted by Gasteiger charge is -2.03. The summed E-state index contributed by atoms with van der Waals surface area (Å²) in [5, 5.41) is 3.23. The summed E-state index contributed by atoms with van der Waals surface area (Å²) in [4.78, 5) is 0.313. The molecule has 0 heterocycles. The monoisotopic (exact) mass is 420 g/mol. The van der Waals surface area contributed by atoms with Crippen molar-refractivity contribution >= 4 is 49.3 Å². The Morgan fingerprint density at radius 3 is 2.27 bits per heavy atom. The number of rotatable bonds is 3. The molecule has 0 aromatic heterocycles. The van der Waals surface area contributed by atoms with Crippen molar-refractivity contribution in [3.05, 3.63) is 81.3 Å². The quantitative estimate of drug-likeness (QED) is 0.566. The summed E-state index contributed by atoms with van der Waals surface area (Å²) >= 11 is 2.19. The van der Waals surface area contributed by atoms with Crippen molar-refractivity contribution in [2.75, 3.05) is 0 Å². The maximum atomic E-state index is 12.5. The topological polar surface area (TPSA) is 34.1 Å². The summed E-state index contributed by atoms with van der Waals surface area (Å²) in [6.45, 7) is 0. The van der Waals surface area contributed by atoms with E-state index in [1.165, 1.54) is 5.41 Å². The fraction of sp³-hybridized carbons (Fsp3) is 0. The third-order valence-corrected chi connectivity index (χ3v) is 5.77. The van der Waals surface area contributed by atoms with Gasteiger partial charge in [0, 0.05) is 8.98 Å².